The second-order valence-corrected chi connectivity index (χ2v) is 4.15. The van der Waals surface area contributed by atoms with E-state index < -0.39 is 0 Å². The first-order chi connectivity index (χ1) is 7.69. The van der Waals surface area contributed by atoms with Gasteiger partial charge in [-0.1, -0.05) is 32.0 Å². The maximum Gasteiger partial charge on any atom is 0.124 e. The van der Waals surface area contributed by atoms with Crippen LogP contribution in [0.3, 0.4) is 0 Å². The van der Waals surface area contributed by atoms with Crippen LogP contribution in [-0.2, 0) is 0 Å². The molecule has 0 amide bonds. The van der Waals surface area contributed by atoms with E-state index in [1.165, 1.54) is 5.56 Å². The van der Waals surface area contributed by atoms with Crippen LogP contribution in [0.1, 0.15) is 45.7 Å². The summed E-state index contributed by atoms with van der Waals surface area (Å²) < 4.78 is 5.92. The molecule has 0 bridgehead atoms. The standard InChI is InChI=1S/C14H23NO/c1-5-11(3)16-14-10-8-7-9-13(14)12(4)15-6-2/h7-12,15H,5-6H2,1-4H3/t11-,12+/m0/s1. The van der Waals surface area contributed by atoms with Gasteiger partial charge in [-0.05, 0) is 32.9 Å². The highest BCUT2D eigenvalue weighted by atomic mass is 16.5. The van der Waals surface area contributed by atoms with Gasteiger partial charge >= 0.3 is 0 Å². The van der Waals surface area contributed by atoms with E-state index in [0.717, 1.165) is 18.7 Å². The minimum absolute atomic E-state index is 0.273. The molecule has 0 aromatic heterocycles. The van der Waals surface area contributed by atoms with E-state index in [0.29, 0.717) is 6.04 Å². The van der Waals surface area contributed by atoms with Crippen molar-refractivity contribution in [1.29, 1.82) is 0 Å². The van der Waals surface area contributed by atoms with E-state index in [1.54, 1.807) is 0 Å². The van der Waals surface area contributed by atoms with E-state index >= 15 is 0 Å². The van der Waals surface area contributed by atoms with Gasteiger partial charge in [-0.25, -0.2) is 0 Å². The molecule has 0 aliphatic carbocycles. The van der Waals surface area contributed by atoms with Crippen molar-refractivity contribution in [3.8, 4) is 5.75 Å². The second-order valence-electron chi connectivity index (χ2n) is 4.15. The third kappa shape index (κ3) is 3.53. The Bertz CT molecular complexity index is 311. The molecule has 0 aliphatic rings. The van der Waals surface area contributed by atoms with Crippen molar-refractivity contribution >= 4 is 0 Å². The second kappa shape index (κ2) is 6.54. The van der Waals surface area contributed by atoms with Crippen LogP contribution in [0.4, 0.5) is 0 Å². The molecule has 0 fully saturated rings. The van der Waals surface area contributed by atoms with Gasteiger partial charge in [0.15, 0.2) is 0 Å². The van der Waals surface area contributed by atoms with E-state index in [4.69, 9.17) is 4.74 Å². The predicted molar refractivity (Wildman–Crippen MR) is 68.9 cm³/mol. The molecule has 0 saturated heterocycles. The molecule has 2 heteroatoms. The first-order valence-corrected chi connectivity index (χ1v) is 6.18. The lowest BCUT2D eigenvalue weighted by Crippen LogP contribution is -2.19. The van der Waals surface area contributed by atoms with Gasteiger partial charge in [0.2, 0.25) is 0 Å². The van der Waals surface area contributed by atoms with E-state index in [-0.39, 0.29) is 6.10 Å². The third-order valence-corrected chi connectivity index (χ3v) is 2.80. The lowest BCUT2D eigenvalue weighted by Gasteiger charge is -2.20. The molecule has 1 rings (SSSR count). The molecule has 90 valence electrons. The zero-order valence-corrected chi connectivity index (χ0v) is 10.8. The van der Waals surface area contributed by atoms with Crippen molar-refractivity contribution in [3.63, 3.8) is 0 Å². The number of nitrogens with one attached hydrogen (secondary N) is 1. The van der Waals surface area contributed by atoms with Gasteiger partial charge in [-0.15, -0.1) is 0 Å². The molecule has 0 aliphatic heterocycles. The van der Waals surface area contributed by atoms with Crippen molar-refractivity contribution < 1.29 is 4.74 Å². The van der Waals surface area contributed by atoms with Crippen LogP contribution in [0.5, 0.6) is 5.75 Å². The molecule has 2 atom stereocenters. The highest BCUT2D eigenvalue weighted by Gasteiger charge is 2.11. The molecule has 16 heavy (non-hydrogen) atoms. The van der Waals surface area contributed by atoms with Crippen LogP contribution in [0.2, 0.25) is 0 Å². The van der Waals surface area contributed by atoms with Crippen LogP contribution in [-0.4, -0.2) is 12.6 Å². The Hall–Kier alpha value is -1.02. The average Bonchev–Trinajstić information content (AvgIpc) is 2.30. The Morgan fingerprint density at radius 2 is 1.88 bits per heavy atom. The Kier molecular flexibility index (Phi) is 5.33. The highest BCUT2D eigenvalue weighted by Crippen LogP contribution is 2.25. The maximum atomic E-state index is 5.92. The monoisotopic (exact) mass is 221 g/mol. The molecule has 0 spiro atoms. The first-order valence-electron chi connectivity index (χ1n) is 6.18. The van der Waals surface area contributed by atoms with Crippen molar-refractivity contribution in [2.45, 2.75) is 46.3 Å². The molecule has 1 aromatic carbocycles. The highest BCUT2D eigenvalue weighted by molar-refractivity contribution is 5.35. The molecule has 1 N–H and O–H groups in total. The molecular formula is C14H23NO. The predicted octanol–water partition coefficient (Wildman–Crippen LogP) is 3.53. The summed E-state index contributed by atoms with van der Waals surface area (Å²) in [4.78, 5) is 0. The van der Waals surface area contributed by atoms with E-state index in [1.807, 2.05) is 6.07 Å². The number of hydrogen-bond acceptors (Lipinski definition) is 2. The summed E-state index contributed by atoms with van der Waals surface area (Å²) in [5, 5.41) is 3.41. The molecule has 1 aromatic rings. The number of para-hydroxylation sites is 1. The summed E-state index contributed by atoms with van der Waals surface area (Å²) in [6.45, 7) is 9.51. The third-order valence-electron chi connectivity index (χ3n) is 2.80. The van der Waals surface area contributed by atoms with Gasteiger partial charge < -0.3 is 10.1 Å². The molecule has 0 saturated carbocycles. The summed E-state index contributed by atoms with van der Waals surface area (Å²) in [5.41, 5.74) is 1.24. The fourth-order valence-electron chi connectivity index (χ4n) is 1.66. The topological polar surface area (TPSA) is 21.3 Å². The summed E-state index contributed by atoms with van der Waals surface area (Å²) in [5.74, 6) is 1.00. The molecule has 0 unspecified atom stereocenters. The quantitative estimate of drug-likeness (QED) is 0.793. The minimum Gasteiger partial charge on any atom is -0.490 e. The van der Waals surface area contributed by atoms with Gasteiger partial charge in [0.05, 0.1) is 6.10 Å². The number of benzene rings is 1. The zero-order valence-electron chi connectivity index (χ0n) is 10.8. The largest absolute Gasteiger partial charge is 0.490 e. The van der Waals surface area contributed by atoms with Crippen LogP contribution in [0, 0.1) is 0 Å². The van der Waals surface area contributed by atoms with E-state index in [9.17, 15) is 0 Å². The van der Waals surface area contributed by atoms with E-state index in [2.05, 4.69) is 51.2 Å². The lowest BCUT2D eigenvalue weighted by atomic mass is 10.1. The van der Waals surface area contributed by atoms with Crippen molar-refractivity contribution in [2.24, 2.45) is 0 Å². The van der Waals surface area contributed by atoms with Crippen LogP contribution < -0.4 is 10.1 Å². The van der Waals surface area contributed by atoms with Crippen molar-refractivity contribution in [1.82, 2.24) is 5.32 Å². The molecule has 0 heterocycles. The number of ether oxygens (including phenoxy) is 1. The zero-order chi connectivity index (χ0) is 12.0. The fourth-order valence-corrected chi connectivity index (χ4v) is 1.66. The van der Waals surface area contributed by atoms with Crippen LogP contribution >= 0.6 is 0 Å². The van der Waals surface area contributed by atoms with Gasteiger partial charge in [-0.2, -0.15) is 0 Å². The van der Waals surface area contributed by atoms with Crippen LogP contribution in [0.15, 0.2) is 24.3 Å². The number of rotatable bonds is 6. The summed E-state index contributed by atoms with van der Waals surface area (Å²) in [7, 11) is 0. The average molecular weight is 221 g/mol. The Balaban J connectivity index is 2.82. The summed E-state index contributed by atoms with van der Waals surface area (Å²) in [6.07, 6.45) is 1.30. The lowest BCUT2D eigenvalue weighted by molar-refractivity contribution is 0.214. The normalized spacial score (nSPS) is 14.5. The maximum absolute atomic E-state index is 5.92. The van der Waals surface area contributed by atoms with Gasteiger partial charge in [0.1, 0.15) is 5.75 Å². The Morgan fingerprint density at radius 1 is 1.19 bits per heavy atom. The minimum atomic E-state index is 0.273. The van der Waals surface area contributed by atoms with Gasteiger partial charge in [0.25, 0.3) is 0 Å². The Morgan fingerprint density at radius 3 is 2.50 bits per heavy atom. The molecule has 0 radical (unpaired) electrons. The van der Waals surface area contributed by atoms with Crippen molar-refractivity contribution in [2.75, 3.05) is 6.54 Å². The van der Waals surface area contributed by atoms with Crippen molar-refractivity contribution in [3.05, 3.63) is 29.8 Å². The van der Waals surface area contributed by atoms with Crippen LogP contribution in [0.25, 0.3) is 0 Å². The summed E-state index contributed by atoms with van der Waals surface area (Å²) >= 11 is 0. The SMILES string of the molecule is CCN[C@H](C)c1ccccc1O[C@@H](C)CC. The smallest absolute Gasteiger partial charge is 0.124 e. The Labute approximate surface area is 99.0 Å². The first kappa shape index (κ1) is 13.0. The van der Waals surface area contributed by atoms with Gasteiger partial charge in [-0.3, -0.25) is 0 Å². The number of hydrogen-bond donors (Lipinski definition) is 1. The summed E-state index contributed by atoms with van der Waals surface area (Å²) in [6, 6.07) is 8.61. The van der Waals surface area contributed by atoms with Gasteiger partial charge in [0, 0.05) is 11.6 Å². The molecular weight excluding hydrogens is 198 g/mol. The fraction of sp³-hybridized carbons (Fsp3) is 0.571. The molecule has 2 nitrogen and oxygen atoms in total.